The summed E-state index contributed by atoms with van der Waals surface area (Å²) in [7, 11) is 0. The van der Waals surface area contributed by atoms with Crippen molar-refractivity contribution in [1.29, 1.82) is 0 Å². The highest BCUT2D eigenvalue weighted by Crippen LogP contribution is 2.42. The lowest BCUT2D eigenvalue weighted by Gasteiger charge is -2.37. The van der Waals surface area contributed by atoms with E-state index < -0.39 is 5.67 Å². The fraction of sp³-hybridized carbons (Fsp3) is 0.536. The topological polar surface area (TPSA) is 38.8 Å². The summed E-state index contributed by atoms with van der Waals surface area (Å²) in [5, 5.41) is 0. The van der Waals surface area contributed by atoms with E-state index in [-0.39, 0.29) is 18.1 Å². The van der Waals surface area contributed by atoms with E-state index >= 15 is 4.39 Å². The third-order valence-corrected chi connectivity index (χ3v) is 7.19. The van der Waals surface area contributed by atoms with E-state index in [9.17, 15) is 4.79 Å². The van der Waals surface area contributed by atoms with Gasteiger partial charge in [0.2, 0.25) is 0 Å². The molecule has 0 saturated carbocycles. The predicted molar refractivity (Wildman–Crippen MR) is 129 cm³/mol. The van der Waals surface area contributed by atoms with Gasteiger partial charge >= 0.3 is 0 Å². The molecule has 1 fully saturated rings. The normalized spacial score (nSPS) is 21.6. The van der Waals surface area contributed by atoms with Crippen LogP contribution in [0.25, 0.3) is 0 Å². The van der Waals surface area contributed by atoms with Gasteiger partial charge in [0.15, 0.2) is 23.0 Å². The number of carbonyl (C=O) groups is 1. The highest BCUT2D eigenvalue weighted by atomic mass is 19.1. The third kappa shape index (κ3) is 5.24. The number of likely N-dealkylation sites (tertiary alicyclic amines) is 1. The molecule has 0 radical (unpaired) electrons. The number of benzene rings is 2. The average molecular weight is 454 g/mol. The Kier molecular flexibility index (Phi) is 7.38. The molecule has 33 heavy (non-hydrogen) atoms. The zero-order chi connectivity index (χ0) is 23.4. The molecule has 5 heteroatoms. The SMILES string of the molecule is CCOc1cc2c(cc1OCC)C(=O)C(F)(CC1CCN(Cc3ccccc3C)CC1)CC2. The number of ether oxygens (including phenoxy) is 2. The molecule has 1 aliphatic heterocycles. The summed E-state index contributed by atoms with van der Waals surface area (Å²) >= 11 is 0. The molecule has 2 aliphatic rings. The summed E-state index contributed by atoms with van der Waals surface area (Å²) in [4.78, 5) is 15.7. The molecule has 1 atom stereocenters. The van der Waals surface area contributed by atoms with Gasteiger partial charge in [-0.1, -0.05) is 24.3 Å². The van der Waals surface area contributed by atoms with E-state index in [0.29, 0.717) is 43.1 Å². The van der Waals surface area contributed by atoms with Gasteiger partial charge in [0.1, 0.15) is 0 Å². The lowest BCUT2D eigenvalue weighted by atomic mass is 9.74. The highest BCUT2D eigenvalue weighted by molar-refractivity contribution is 6.05. The Balaban J connectivity index is 1.41. The first kappa shape index (κ1) is 23.7. The number of alkyl halides is 1. The van der Waals surface area contributed by atoms with Crippen molar-refractivity contribution in [3.05, 3.63) is 58.7 Å². The summed E-state index contributed by atoms with van der Waals surface area (Å²) in [6.45, 7) is 9.78. The Bertz CT molecular complexity index is 983. The van der Waals surface area contributed by atoms with Crippen LogP contribution in [0.4, 0.5) is 4.39 Å². The number of ketones is 1. The van der Waals surface area contributed by atoms with Crippen molar-refractivity contribution in [3.63, 3.8) is 0 Å². The molecule has 2 aromatic carbocycles. The maximum absolute atomic E-state index is 16.1. The second kappa shape index (κ2) is 10.3. The number of fused-ring (bicyclic) bond motifs is 1. The number of Topliss-reactive ketones (excluding diaryl/α,β-unsaturated/α-hetero) is 1. The van der Waals surface area contributed by atoms with E-state index in [0.717, 1.165) is 38.0 Å². The fourth-order valence-electron chi connectivity index (χ4n) is 5.27. The number of carbonyl (C=O) groups excluding carboxylic acids is 1. The summed E-state index contributed by atoms with van der Waals surface area (Å²) < 4.78 is 27.4. The Hall–Kier alpha value is -2.40. The van der Waals surface area contributed by atoms with Crippen LogP contribution in [-0.4, -0.2) is 42.7 Å². The maximum Gasteiger partial charge on any atom is 0.200 e. The van der Waals surface area contributed by atoms with Crippen molar-refractivity contribution in [2.75, 3.05) is 26.3 Å². The van der Waals surface area contributed by atoms with Crippen LogP contribution in [0.3, 0.4) is 0 Å². The smallest absolute Gasteiger partial charge is 0.200 e. The number of nitrogens with zero attached hydrogens (tertiary/aromatic N) is 1. The molecule has 178 valence electrons. The quantitative estimate of drug-likeness (QED) is 0.496. The van der Waals surface area contributed by atoms with Gasteiger partial charge in [-0.05, 0) is 101 Å². The van der Waals surface area contributed by atoms with Gasteiger partial charge in [-0.3, -0.25) is 9.69 Å². The van der Waals surface area contributed by atoms with E-state index in [2.05, 4.69) is 36.1 Å². The summed E-state index contributed by atoms with van der Waals surface area (Å²) in [6.07, 6.45) is 3.00. The molecule has 0 spiro atoms. The van der Waals surface area contributed by atoms with Crippen LogP contribution in [-0.2, 0) is 13.0 Å². The zero-order valence-corrected chi connectivity index (χ0v) is 20.2. The second-order valence-electron chi connectivity index (χ2n) is 9.47. The lowest BCUT2D eigenvalue weighted by molar-refractivity contribution is 0.0488. The van der Waals surface area contributed by atoms with Gasteiger partial charge in [0, 0.05) is 12.1 Å². The molecule has 0 N–H and O–H groups in total. The minimum Gasteiger partial charge on any atom is -0.490 e. The molecule has 1 saturated heterocycles. The summed E-state index contributed by atoms with van der Waals surface area (Å²) in [5.41, 5.74) is 2.22. The predicted octanol–water partition coefficient (Wildman–Crippen LogP) is 5.93. The zero-order valence-electron chi connectivity index (χ0n) is 20.2. The summed E-state index contributed by atoms with van der Waals surface area (Å²) in [6, 6.07) is 12.1. The molecular weight excluding hydrogens is 417 g/mol. The van der Waals surface area contributed by atoms with E-state index in [4.69, 9.17) is 9.47 Å². The molecule has 1 unspecified atom stereocenters. The van der Waals surface area contributed by atoms with Crippen LogP contribution in [0, 0.1) is 12.8 Å². The first-order valence-electron chi connectivity index (χ1n) is 12.4. The molecule has 1 aliphatic carbocycles. The minimum absolute atomic E-state index is 0.239. The third-order valence-electron chi connectivity index (χ3n) is 7.19. The first-order valence-corrected chi connectivity index (χ1v) is 12.4. The monoisotopic (exact) mass is 453 g/mol. The van der Waals surface area contributed by atoms with Crippen molar-refractivity contribution in [1.82, 2.24) is 4.90 Å². The van der Waals surface area contributed by atoms with Gasteiger partial charge in [0.25, 0.3) is 0 Å². The van der Waals surface area contributed by atoms with Crippen LogP contribution in [0.15, 0.2) is 36.4 Å². The van der Waals surface area contributed by atoms with Crippen molar-refractivity contribution in [2.45, 2.75) is 65.1 Å². The van der Waals surface area contributed by atoms with E-state index in [1.54, 1.807) is 6.07 Å². The van der Waals surface area contributed by atoms with Crippen molar-refractivity contribution < 1.29 is 18.7 Å². The Morgan fingerprint density at radius 3 is 2.39 bits per heavy atom. The second-order valence-corrected chi connectivity index (χ2v) is 9.47. The summed E-state index contributed by atoms with van der Waals surface area (Å²) in [5.74, 6) is 1.02. The van der Waals surface area contributed by atoms with Gasteiger partial charge < -0.3 is 9.47 Å². The molecule has 0 aromatic heterocycles. The van der Waals surface area contributed by atoms with Crippen LogP contribution in [0.1, 0.15) is 66.6 Å². The van der Waals surface area contributed by atoms with Crippen molar-refractivity contribution in [2.24, 2.45) is 5.92 Å². The number of aryl methyl sites for hydroxylation is 2. The number of piperidine rings is 1. The van der Waals surface area contributed by atoms with Gasteiger partial charge in [0.05, 0.1) is 13.2 Å². The van der Waals surface area contributed by atoms with Crippen LogP contribution in [0.5, 0.6) is 11.5 Å². The Morgan fingerprint density at radius 2 is 1.73 bits per heavy atom. The standard InChI is InChI=1S/C28H36FNO3/c1-4-32-25-16-22-10-13-28(29,27(31)24(22)17-26(25)33-5-2)18-21-11-14-30(15-12-21)19-23-9-7-6-8-20(23)3/h6-9,16-17,21H,4-5,10-15,18-19H2,1-3H3. The van der Waals surface area contributed by atoms with Crippen LogP contribution >= 0.6 is 0 Å². The molecule has 4 rings (SSSR count). The van der Waals surface area contributed by atoms with Crippen LogP contribution < -0.4 is 9.47 Å². The van der Waals surface area contributed by atoms with Gasteiger partial charge in [-0.25, -0.2) is 4.39 Å². The lowest BCUT2D eigenvalue weighted by Crippen LogP contribution is -2.42. The number of halogens is 1. The minimum atomic E-state index is -1.79. The van der Waals surface area contributed by atoms with Crippen molar-refractivity contribution >= 4 is 5.78 Å². The largest absolute Gasteiger partial charge is 0.490 e. The molecule has 1 heterocycles. The van der Waals surface area contributed by atoms with Gasteiger partial charge in [-0.15, -0.1) is 0 Å². The molecule has 2 aromatic rings. The number of hydrogen-bond acceptors (Lipinski definition) is 4. The molecule has 0 amide bonds. The molecular formula is C28H36FNO3. The van der Waals surface area contributed by atoms with Gasteiger partial charge in [-0.2, -0.15) is 0 Å². The Morgan fingerprint density at radius 1 is 1.06 bits per heavy atom. The van der Waals surface area contributed by atoms with E-state index in [1.807, 2.05) is 19.9 Å². The number of hydrogen-bond donors (Lipinski definition) is 0. The Labute approximate surface area is 197 Å². The van der Waals surface area contributed by atoms with Crippen molar-refractivity contribution in [3.8, 4) is 11.5 Å². The molecule has 4 nitrogen and oxygen atoms in total. The first-order chi connectivity index (χ1) is 15.9. The van der Waals surface area contributed by atoms with E-state index in [1.165, 1.54) is 11.1 Å². The average Bonchev–Trinajstić information content (AvgIpc) is 2.81. The maximum atomic E-state index is 16.1. The number of rotatable bonds is 8. The molecule has 0 bridgehead atoms. The highest BCUT2D eigenvalue weighted by Gasteiger charge is 2.45. The fourth-order valence-corrected chi connectivity index (χ4v) is 5.27. The van der Waals surface area contributed by atoms with Crippen LogP contribution in [0.2, 0.25) is 0 Å².